The van der Waals surface area contributed by atoms with E-state index in [1.165, 1.54) is 10.3 Å². The Labute approximate surface area is 162 Å². The Morgan fingerprint density at radius 3 is 2.48 bits per heavy atom. The van der Waals surface area contributed by atoms with Gasteiger partial charge < -0.3 is 9.80 Å². The molecule has 0 atom stereocenters. The number of nitrogens with zero attached hydrogens (tertiary/aromatic N) is 5. The maximum Gasteiger partial charge on any atom is 0.186 e. The Kier molecular flexibility index (Phi) is 4.13. The molecule has 1 aliphatic rings. The summed E-state index contributed by atoms with van der Waals surface area (Å²) in [4.78, 5) is 18.9. The summed E-state index contributed by atoms with van der Waals surface area (Å²) in [5.74, 6) is 0.963. The highest BCUT2D eigenvalue weighted by Gasteiger charge is 2.21. The third-order valence-electron chi connectivity index (χ3n) is 5.16. The van der Waals surface area contributed by atoms with Gasteiger partial charge in [-0.25, -0.2) is 9.97 Å². The highest BCUT2D eigenvalue weighted by molar-refractivity contribution is 7.22. The SMILES string of the molecule is CCc1ccc2nc(N3CCN(c4cnc5ccccc5n4)CC3)sc2c1. The van der Waals surface area contributed by atoms with Crippen molar-refractivity contribution in [2.45, 2.75) is 13.3 Å². The van der Waals surface area contributed by atoms with Crippen molar-refractivity contribution < 1.29 is 0 Å². The molecule has 2 aromatic carbocycles. The lowest BCUT2D eigenvalue weighted by atomic mass is 10.2. The van der Waals surface area contributed by atoms with Crippen LogP contribution in [0, 0.1) is 0 Å². The molecule has 0 amide bonds. The smallest absolute Gasteiger partial charge is 0.186 e. The quantitative estimate of drug-likeness (QED) is 0.539. The summed E-state index contributed by atoms with van der Waals surface area (Å²) in [6.45, 7) is 5.97. The fourth-order valence-electron chi connectivity index (χ4n) is 3.54. The summed E-state index contributed by atoms with van der Waals surface area (Å²) in [6, 6.07) is 14.6. The van der Waals surface area contributed by atoms with Crippen LogP contribution < -0.4 is 9.80 Å². The van der Waals surface area contributed by atoms with Gasteiger partial charge in [0.15, 0.2) is 5.13 Å². The Morgan fingerprint density at radius 2 is 1.67 bits per heavy atom. The van der Waals surface area contributed by atoms with Crippen LogP contribution in [0.1, 0.15) is 12.5 Å². The van der Waals surface area contributed by atoms with Gasteiger partial charge in [0, 0.05) is 26.2 Å². The van der Waals surface area contributed by atoms with Crippen LogP contribution in [-0.2, 0) is 6.42 Å². The second-order valence-corrected chi connectivity index (χ2v) is 7.85. The molecule has 1 saturated heterocycles. The van der Waals surface area contributed by atoms with Crippen molar-refractivity contribution in [2.75, 3.05) is 36.0 Å². The first-order valence-corrected chi connectivity index (χ1v) is 10.2. The molecule has 0 bridgehead atoms. The van der Waals surface area contributed by atoms with Crippen molar-refractivity contribution in [2.24, 2.45) is 0 Å². The number of thiazole rings is 1. The minimum atomic E-state index is 0.934. The molecule has 1 fully saturated rings. The first-order chi connectivity index (χ1) is 13.3. The summed E-state index contributed by atoms with van der Waals surface area (Å²) in [5, 5.41) is 1.13. The number of para-hydroxylation sites is 2. The lowest BCUT2D eigenvalue weighted by Crippen LogP contribution is -2.46. The predicted octanol–water partition coefficient (Wildman–Crippen LogP) is 4.13. The van der Waals surface area contributed by atoms with E-state index in [4.69, 9.17) is 9.97 Å². The van der Waals surface area contributed by atoms with Crippen LogP contribution in [0.2, 0.25) is 0 Å². The van der Waals surface area contributed by atoms with Crippen LogP contribution in [0.25, 0.3) is 21.3 Å². The van der Waals surface area contributed by atoms with Crippen LogP contribution in [0.4, 0.5) is 10.9 Å². The van der Waals surface area contributed by atoms with Gasteiger partial charge in [-0.05, 0) is 36.2 Å². The molecule has 0 spiro atoms. The summed E-state index contributed by atoms with van der Waals surface area (Å²) < 4.78 is 1.28. The van der Waals surface area contributed by atoms with Crippen molar-refractivity contribution in [3.63, 3.8) is 0 Å². The Morgan fingerprint density at radius 1 is 0.889 bits per heavy atom. The standard InChI is InChI=1S/C21H21N5S/c1-2-15-7-8-18-19(13-15)27-21(24-18)26-11-9-25(10-12-26)20-14-22-16-5-3-4-6-17(16)23-20/h3-8,13-14H,2,9-12H2,1H3. The molecule has 2 aromatic heterocycles. The Balaban J connectivity index is 1.33. The third-order valence-corrected chi connectivity index (χ3v) is 6.24. The monoisotopic (exact) mass is 375 g/mol. The van der Waals surface area contributed by atoms with Crippen LogP contribution in [0.5, 0.6) is 0 Å². The van der Waals surface area contributed by atoms with Crippen molar-refractivity contribution in [3.05, 3.63) is 54.2 Å². The summed E-state index contributed by atoms with van der Waals surface area (Å²) in [6.07, 6.45) is 2.95. The van der Waals surface area contributed by atoms with Gasteiger partial charge in [0.2, 0.25) is 0 Å². The highest BCUT2D eigenvalue weighted by atomic mass is 32.1. The first kappa shape index (κ1) is 16.4. The van der Waals surface area contributed by atoms with Gasteiger partial charge in [-0.3, -0.25) is 4.98 Å². The van der Waals surface area contributed by atoms with Crippen molar-refractivity contribution in [1.29, 1.82) is 0 Å². The van der Waals surface area contributed by atoms with E-state index in [9.17, 15) is 0 Å². The van der Waals surface area contributed by atoms with Crippen LogP contribution in [0.15, 0.2) is 48.7 Å². The summed E-state index contributed by atoms with van der Waals surface area (Å²) in [5.41, 5.74) is 4.38. The summed E-state index contributed by atoms with van der Waals surface area (Å²) >= 11 is 1.80. The van der Waals surface area contributed by atoms with E-state index in [1.54, 1.807) is 11.3 Å². The lowest BCUT2D eigenvalue weighted by Gasteiger charge is -2.35. The molecule has 0 radical (unpaired) electrons. The van der Waals surface area contributed by atoms with E-state index in [1.807, 2.05) is 30.5 Å². The number of anilines is 2. The fraction of sp³-hybridized carbons (Fsp3) is 0.286. The van der Waals surface area contributed by atoms with Crippen LogP contribution in [0.3, 0.4) is 0 Å². The number of hydrogen-bond donors (Lipinski definition) is 0. The van der Waals surface area contributed by atoms with Gasteiger partial charge in [0.1, 0.15) is 5.82 Å². The molecule has 0 saturated carbocycles. The van der Waals surface area contributed by atoms with Crippen molar-refractivity contribution in [1.82, 2.24) is 15.0 Å². The largest absolute Gasteiger partial charge is 0.352 e. The molecular weight excluding hydrogens is 354 g/mol. The van der Waals surface area contributed by atoms with Crippen molar-refractivity contribution >= 4 is 43.5 Å². The molecule has 3 heterocycles. The second kappa shape index (κ2) is 6.78. The fourth-order valence-corrected chi connectivity index (χ4v) is 4.62. The predicted molar refractivity (Wildman–Crippen MR) is 113 cm³/mol. The first-order valence-electron chi connectivity index (χ1n) is 9.41. The van der Waals surface area contributed by atoms with Crippen LogP contribution in [-0.4, -0.2) is 41.1 Å². The molecule has 0 unspecified atom stereocenters. The van der Waals surface area contributed by atoms with Crippen LogP contribution >= 0.6 is 11.3 Å². The number of aromatic nitrogens is 3. The topological polar surface area (TPSA) is 45.2 Å². The molecule has 5 rings (SSSR count). The zero-order valence-electron chi connectivity index (χ0n) is 15.3. The average molecular weight is 376 g/mol. The van der Waals surface area contributed by atoms with E-state index in [-0.39, 0.29) is 0 Å². The second-order valence-electron chi connectivity index (χ2n) is 6.84. The lowest BCUT2D eigenvalue weighted by molar-refractivity contribution is 0.646. The molecule has 1 aliphatic heterocycles. The molecule has 136 valence electrons. The van der Waals surface area contributed by atoms with Gasteiger partial charge in [-0.15, -0.1) is 0 Å². The molecule has 5 nitrogen and oxygen atoms in total. The number of fused-ring (bicyclic) bond motifs is 2. The number of hydrogen-bond acceptors (Lipinski definition) is 6. The maximum atomic E-state index is 4.85. The zero-order valence-corrected chi connectivity index (χ0v) is 16.1. The number of aryl methyl sites for hydroxylation is 1. The zero-order chi connectivity index (χ0) is 18.2. The van der Waals surface area contributed by atoms with E-state index in [2.05, 4.69) is 39.9 Å². The van der Waals surface area contributed by atoms with E-state index < -0.39 is 0 Å². The number of benzene rings is 2. The average Bonchev–Trinajstić information content (AvgIpc) is 3.17. The maximum absolute atomic E-state index is 4.85. The minimum Gasteiger partial charge on any atom is -0.352 e. The minimum absolute atomic E-state index is 0.934. The molecule has 0 aliphatic carbocycles. The molecular formula is C21H21N5S. The van der Waals surface area contributed by atoms with Gasteiger partial charge >= 0.3 is 0 Å². The van der Waals surface area contributed by atoms with Gasteiger partial charge in [0.25, 0.3) is 0 Å². The highest BCUT2D eigenvalue weighted by Crippen LogP contribution is 2.30. The molecule has 27 heavy (non-hydrogen) atoms. The molecule has 6 heteroatoms. The van der Waals surface area contributed by atoms with E-state index in [0.29, 0.717) is 0 Å². The molecule has 0 N–H and O–H groups in total. The molecule has 4 aromatic rings. The number of piperazine rings is 1. The van der Waals surface area contributed by atoms with Crippen molar-refractivity contribution in [3.8, 4) is 0 Å². The van der Waals surface area contributed by atoms with Gasteiger partial charge in [-0.1, -0.05) is 36.5 Å². The van der Waals surface area contributed by atoms with E-state index in [0.717, 1.165) is 60.1 Å². The summed E-state index contributed by atoms with van der Waals surface area (Å²) in [7, 11) is 0. The van der Waals surface area contributed by atoms with E-state index >= 15 is 0 Å². The van der Waals surface area contributed by atoms with Gasteiger partial charge in [-0.2, -0.15) is 0 Å². The number of rotatable bonds is 3. The normalized spacial score (nSPS) is 15.0. The Bertz CT molecular complexity index is 1100. The van der Waals surface area contributed by atoms with Gasteiger partial charge in [0.05, 0.1) is 27.4 Å². The Hall–Kier alpha value is -2.73. The third kappa shape index (κ3) is 3.10.